The average Bonchev–Trinajstić information content (AvgIpc) is 2.34. The van der Waals surface area contributed by atoms with Gasteiger partial charge in [-0.15, -0.1) is 0 Å². The van der Waals surface area contributed by atoms with Crippen molar-refractivity contribution in [3.63, 3.8) is 0 Å². The molecule has 1 aromatic rings. The van der Waals surface area contributed by atoms with Gasteiger partial charge in [0.1, 0.15) is 0 Å². The highest BCUT2D eigenvalue weighted by Gasteiger charge is 2.03. The molecule has 0 aliphatic carbocycles. The van der Waals surface area contributed by atoms with Gasteiger partial charge in [-0.2, -0.15) is 0 Å². The Morgan fingerprint density at radius 3 is 2.18 bits per heavy atom. The van der Waals surface area contributed by atoms with Crippen molar-refractivity contribution in [1.82, 2.24) is 10.6 Å². The zero-order chi connectivity index (χ0) is 12.7. The van der Waals surface area contributed by atoms with E-state index in [-0.39, 0.29) is 11.8 Å². The second kappa shape index (κ2) is 6.68. The lowest BCUT2D eigenvalue weighted by Gasteiger charge is -2.06. The van der Waals surface area contributed by atoms with Crippen molar-refractivity contribution in [2.75, 3.05) is 13.1 Å². The zero-order valence-electron chi connectivity index (χ0n) is 10.2. The maximum absolute atomic E-state index is 11.7. The molecule has 0 aliphatic rings. The van der Waals surface area contributed by atoms with E-state index in [1.54, 1.807) is 0 Å². The monoisotopic (exact) mass is 234 g/mol. The van der Waals surface area contributed by atoms with Crippen LogP contribution < -0.4 is 10.6 Å². The summed E-state index contributed by atoms with van der Waals surface area (Å²) in [6, 6.07) is 7.52. The topological polar surface area (TPSA) is 58.2 Å². The lowest BCUT2D eigenvalue weighted by molar-refractivity contribution is -0.118. The van der Waals surface area contributed by atoms with E-state index in [0.717, 1.165) is 6.42 Å². The number of amides is 2. The van der Waals surface area contributed by atoms with Gasteiger partial charge in [-0.25, -0.2) is 0 Å². The molecule has 0 heterocycles. The lowest BCUT2D eigenvalue weighted by Crippen LogP contribution is -2.33. The Morgan fingerprint density at radius 2 is 1.65 bits per heavy atom. The Kier molecular flexibility index (Phi) is 5.20. The smallest absolute Gasteiger partial charge is 0.251 e. The zero-order valence-corrected chi connectivity index (χ0v) is 10.2. The van der Waals surface area contributed by atoms with E-state index in [1.807, 2.05) is 24.3 Å². The molecule has 1 aromatic carbocycles. The lowest BCUT2D eigenvalue weighted by atomic mass is 10.1. The van der Waals surface area contributed by atoms with Gasteiger partial charge >= 0.3 is 0 Å². The van der Waals surface area contributed by atoms with E-state index < -0.39 is 0 Å². The van der Waals surface area contributed by atoms with Crippen molar-refractivity contribution in [2.45, 2.75) is 20.3 Å². The molecule has 4 nitrogen and oxygen atoms in total. The molecule has 0 fully saturated rings. The predicted octanol–water partition coefficient (Wildman–Crippen LogP) is 1.11. The summed E-state index contributed by atoms with van der Waals surface area (Å²) in [4.78, 5) is 22.3. The summed E-state index contributed by atoms with van der Waals surface area (Å²) in [6.45, 7) is 4.41. The van der Waals surface area contributed by atoms with Crippen molar-refractivity contribution in [3.05, 3.63) is 35.4 Å². The fraction of sp³-hybridized carbons (Fsp3) is 0.385. The molecule has 1 rings (SSSR count). The Balaban J connectivity index is 2.38. The first-order valence-electron chi connectivity index (χ1n) is 5.75. The van der Waals surface area contributed by atoms with Gasteiger partial charge in [0.2, 0.25) is 5.91 Å². The minimum absolute atomic E-state index is 0.0912. The van der Waals surface area contributed by atoms with E-state index in [4.69, 9.17) is 0 Å². The molecule has 4 heteroatoms. The third kappa shape index (κ3) is 4.68. The molecule has 0 bridgehead atoms. The first-order chi connectivity index (χ1) is 8.13. The molecular formula is C13H18N2O2. The molecule has 0 aromatic heterocycles. The van der Waals surface area contributed by atoms with Crippen molar-refractivity contribution in [1.29, 1.82) is 0 Å². The molecule has 0 saturated carbocycles. The number of aryl methyl sites for hydroxylation is 1. The molecule has 0 spiro atoms. The number of carbonyl (C=O) groups excluding carboxylic acids is 2. The molecule has 92 valence electrons. The van der Waals surface area contributed by atoms with Gasteiger partial charge in [0.15, 0.2) is 0 Å². The summed E-state index contributed by atoms with van der Waals surface area (Å²) in [5, 5.41) is 5.36. The Hall–Kier alpha value is -1.84. The fourth-order valence-electron chi connectivity index (χ4n) is 1.41. The number of hydrogen-bond acceptors (Lipinski definition) is 2. The van der Waals surface area contributed by atoms with Crippen LogP contribution in [-0.4, -0.2) is 24.9 Å². The highest BCUT2D eigenvalue weighted by atomic mass is 16.2. The summed E-state index contributed by atoms with van der Waals surface area (Å²) >= 11 is 0. The highest BCUT2D eigenvalue weighted by molar-refractivity contribution is 5.94. The molecule has 2 N–H and O–H groups in total. The third-order valence-electron chi connectivity index (χ3n) is 2.41. The van der Waals surface area contributed by atoms with Gasteiger partial charge < -0.3 is 10.6 Å². The maximum atomic E-state index is 11.7. The fourth-order valence-corrected chi connectivity index (χ4v) is 1.41. The van der Waals surface area contributed by atoms with E-state index in [9.17, 15) is 9.59 Å². The van der Waals surface area contributed by atoms with Gasteiger partial charge in [0, 0.05) is 25.6 Å². The van der Waals surface area contributed by atoms with Crippen LogP contribution in [0, 0.1) is 0 Å². The number of nitrogens with one attached hydrogen (secondary N) is 2. The van der Waals surface area contributed by atoms with E-state index in [2.05, 4.69) is 17.6 Å². The number of hydrogen-bond donors (Lipinski definition) is 2. The van der Waals surface area contributed by atoms with Gasteiger partial charge in [0.05, 0.1) is 0 Å². The minimum atomic E-state index is -0.113. The van der Waals surface area contributed by atoms with Gasteiger partial charge in [-0.05, 0) is 24.1 Å². The average molecular weight is 234 g/mol. The minimum Gasteiger partial charge on any atom is -0.355 e. The van der Waals surface area contributed by atoms with Gasteiger partial charge in [-0.1, -0.05) is 19.1 Å². The second-order valence-corrected chi connectivity index (χ2v) is 3.79. The molecule has 2 amide bonds. The quantitative estimate of drug-likeness (QED) is 0.750. The summed E-state index contributed by atoms with van der Waals surface area (Å²) < 4.78 is 0. The molecule has 0 atom stereocenters. The van der Waals surface area contributed by atoms with Crippen LogP contribution in [0.4, 0.5) is 0 Å². The summed E-state index contributed by atoms with van der Waals surface area (Å²) in [7, 11) is 0. The number of rotatable bonds is 5. The van der Waals surface area contributed by atoms with Crippen LogP contribution in [0.15, 0.2) is 24.3 Å². The van der Waals surface area contributed by atoms with Crippen LogP contribution in [-0.2, 0) is 11.2 Å². The molecule has 0 radical (unpaired) electrons. The van der Waals surface area contributed by atoms with Crippen molar-refractivity contribution in [2.24, 2.45) is 0 Å². The largest absolute Gasteiger partial charge is 0.355 e. The second-order valence-electron chi connectivity index (χ2n) is 3.79. The predicted molar refractivity (Wildman–Crippen MR) is 66.8 cm³/mol. The first-order valence-corrected chi connectivity index (χ1v) is 5.75. The van der Waals surface area contributed by atoms with Gasteiger partial charge in [-0.3, -0.25) is 9.59 Å². The molecular weight excluding hydrogens is 216 g/mol. The number of benzene rings is 1. The normalized spacial score (nSPS) is 9.76. The Morgan fingerprint density at radius 1 is 1.06 bits per heavy atom. The SMILES string of the molecule is CCc1ccc(C(=O)NCCNC(C)=O)cc1. The van der Waals surface area contributed by atoms with Gasteiger partial charge in [0.25, 0.3) is 5.91 Å². The molecule has 0 unspecified atom stereocenters. The Bertz CT molecular complexity index is 385. The molecule has 0 saturated heterocycles. The third-order valence-corrected chi connectivity index (χ3v) is 2.41. The first kappa shape index (κ1) is 13.2. The standard InChI is InChI=1S/C13H18N2O2/c1-3-11-4-6-12(7-5-11)13(17)15-9-8-14-10(2)16/h4-7H,3,8-9H2,1-2H3,(H,14,16)(H,15,17). The Labute approximate surface area is 101 Å². The van der Waals surface area contributed by atoms with Crippen molar-refractivity contribution < 1.29 is 9.59 Å². The molecule has 0 aliphatic heterocycles. The van der Waals surface area contributed by atoms with Crippen molar-refractivity contribution >= 4 is 11.8 Å². The number of carbonyl (C=O) groups is 2. The van der Waals surface area contributed by atoms with Crippen LogP contribution in [0.3, 0.4) is 0 Å². The maximum Gasteiger partial charge on any atom is 0.251 e. The molecule has 17 heavy (non-hydrogen) atoms. The van der Waals surface area contributed by atoms with Crippen LogP contribution in [0.1, 0.15) is 29.8 Å². The van der Waals surface area contributed by atoms with Crippen LogP contribution in [0.25, 0.3) is 0 Å². The summed E-state index contributed by atoms with van der Waals surface area (Å²) in [5.41, 5.74) is 1.85. The van der Waals surface area contributed by atoms with Crippen LogP contribution in [0.5, 0.6) is 0 Å². The summed E-state index contributed by atoms with van der Waals surface area (Å²) in [6.07, 6.45) is 0.963. The van der Waals surface area contributed by atoms with E-state index >= 15 is 0 Å². The summed E-state index contributed by atoms with van der Waals surface area (Å²) in [5.74, 6) is -0.204. The van der Waals surface area contributed by atoms with Crippen LogP contribution in [0.2, 0.25) is 0 Å². The van der Waals surface area contributed by atoms with Crippen LogP contribution >= 0.6 is 0 Å². The van der Waals surface area contributed by atoms with E-state index in [0.29, 0.717) is 18.7 Å². The highest BCUT2D eigenvalue weighted by Crippen LogP contribution is 2.04. The van der Waals surface area contributed by atoms with Crippen molar-refractivity contribution in [3.8, 4) is 0 Å². The van der Waals surface area contributed by atoms with E-state index in [1.165, 1.54) is 12.5 Å².